The van der Waals surface area contributed by atoms with Crippen LogP contribution in [0.15, 0.2) is 42.5 Å². The maximum Gasteiger partial charge on any atom is 0.258 e. The molecule has 5 aromatic carbocycles. The Balaban J connectivity index is 1.87. The lowest BCUT2D eigenvalue weighted by Gasteiger charge is -2.24. The quantitative estimate of drug-likeness (QED) is 0.229. The van der Waals surface area contributed by atoms with Crippen molar-refractivity contribution in [3.05, 3.63) is 70.3 Å². The molecule has 0 radical (unpaired) electrons. The highest BCUT2D eigenvalue weighted by Crippen LogP contribution is 2.46. The van der Waals surface area contributed by atoms with Crippen LogP contribution in [-0.4, -0.2) is 23.6 Å². The minimum Gasteiger partial charge on any atom is -0.288 e. The molecule has 0 saturated carbocycles. The molecular formula is C25H9N3O4. The molecule has 5 aromatic rings. The number of carbonyl (C=O) groups excluding carboxylic acids is 4. The molecule has 0 aromatic heterocycles. The van der Waals surface area contributed by atoms with Crippen molar-refractivity contribution in [2.75, 3.05) is 0 Å². The summed E-state index contributed by atoms with van der Waals surface area (Å²) in [5, 5.41) is 19.9. The second-order valence-electron chi connectivity index (χ2n) is 8.01. The molecule has 0 bridgehead atoms. The van der Waals surface area contributed by atoms with Crippen molar-refractivity contribution in [3.8, 4) is 6.07 Å². The smallest absolute Gasteiger partial charge is 0.258 e. The van der Waals surface area contributed by atoms with Crippen molar-refractivity contribution in [2.45, 2.75) is 0 Å². The van der Waals surface area contributed by atoms with E-state index >= 15 is 0 Å². The first-order valence-corrected chi connectivity index (χ1v) is 9.85. The number of nitrogens with one attached hydrogen (secondary N) is 2. The van der Waals surface area contributed by atoms with E-state index < -0.39 is 23.6 Å². The number of hydrogen-bond donors (Lipinski definition) is 2. The number of amides is 4. The largest absolute Gasteiger partial charge is 0.288 e. The molecule has 2 aliphatic rings. The molecule has 0 fully saturated rings. The van der Waals surface area contributed by atoms with Crippen LogP contribution in [-0.2, 0) is 0 Å². The third kappa shape index (κ3) is 1.73. The van der Waals surface area contributed by atoms with Gasteiger partial charge in [-0.1, -0.05) is 18.2 Å². The van der Waals surface area contributed by atoms with Gasteiger partial charge in [0.05, 0.1) is 11.6 Å². The van der Waals surface area contributed by atoms with E-state index in [0.717, 1.165) is 10.8 Å². The number of carbonyl (C=O) groups is 4. The molecule has 7 rings (SSSR count). The molecule has 32 heavy (non-hydrogen) atoms. The van der Waals surface area contributed by atoms with E-state index in [1.54, 1.807) is 30.3 Å². The normalized spacial score (nSPS) is 15.0. The molecule has 7 nitrogen and oxygen atoms in total. The predicted molar refractivity (Wildman–Crippen MR) is 116 cm³/mol. The Labute approximate surface area is 178 Å². The van der Waals surface area contributed by atoms with E-state index in [1.165, 1.54) is 6.07 Å². The van der Waals surface area contributed by atoms with Gasteiger partial charge in [-0.3, -0.25) is 29.8 Å². The number of nitrogens with zero attached hydrogens (tertiary/aromatic N) is 1. The highest BCUT2D eigenvalue weighted by molar-refractivity contribution is 6.41. The third-order valence-electron chi connectivity index (χ3n) is 6.56. The fraction of sp³-hybridized carbons (Fsp3) is 0. The molecule has 4 amide bonds. The maximum atomic E-state index is 12.6. The monoisotopic (exact) mass is 415 g/mol. The van der Waals surface area contributed by atoms with E-state index in [9.17, 15) is 24.4 Å². The number of hydrogen-bond acceptors (Lipinski definition) is 5. The number of rotatable bonds is 0. The third-order valence-corrected chi connectivity index (χ3v) is 6.56. The first-order valence-electron chi connectivity index (χ1n) is 9.85. The second kappa shape index (κ2) is 5.25. The summed E-state index contributed by atoms with van der Waals surface area (Å²) in [4.78, 5) is 50.2. The van der Waals surface area contributed by atoms with E-state index in [1.807, 2.05) is 6.07 Å². The zero-order valence-electron chi connectivity index (χ0n) is 16.1. The van der Waals surface area contributed by atoms with Gasteiger partial charge in [0, 0.05) is 43.8 Å². The lowest BCUT2D eigenvalue weighted by atomic mass is 9.81. The first kappa shape index (κ1) is 16.9. The van der Waals surface area contributed by atoms with E-state index in [0.29, 0.717) is 49.0 Å². The van der Waals surface area contributed by atoms with Gasteiger partial charge >= 0.3 is 0 Å². The average Bonchev–Trinajstić information content (AvgIpc) is 2.79. The van der Waals surface area contributed by atoms with Gasteiger partial charge in [-0.25, -0.2) is 0 Å². The summed E-state index contributed by atoms with van der Waals surface area (Å²) in [5.41, 5.74) is 1.71. The van der Waals surface area contributed by atoms with Gasteiger partial charge in [-0.2, -0.15) is 5.26 Å². The minimum absolute atomic E-state index is 0.278. The summed E-state index contributed by atoms with van der Waals surface area (Å²) in [6.07, 6.45) is 0. The Morgan fingerprint density at radius 3 is 1.56 bits per heavy atom. The van der Waals surface area contributed by atoms with Crippen molar-refractivity contribution >= 4 is 66.7 Å². The Morgan fingerprint density at radius 1 is 0.531 bits per heavy atom. The van der Waals surface area contributed by atoms with Crippen LogP contribution >= 0.6 is 0 Å². The zero-order valence-corrected chi connectivity index (χ0v) is 16.1. The summed E-state index contributed by atoms with van der Waals surface area (Å²) < 4.78 is 0. The topological polar surface area (TPSA) is 116 Å². The molecule has 7 heteroatoms. The van der Waals surface area contributed by atoms with Crippen molar-refractivity contribution in [1.29, 1.82) is 5.26 Å². The molecule has 0 saturated heterocycles. The van der Waals surface area contributed by atoms with Crippen LogP contribution in [0, 0.1) is 11.3 Å². The van der Waals surface area contributed by atoms with Gasteiger partial charge in [0.15, 0.2) is 0 Å². The molecule has 2 aliphatic heterocycles. The van der Waals surface area contributed by atoms with Gasteiger partial charge in [-0.05, 0) is 45.8 Å². The molecular weight excluding hydrogens is 406 g/mol. The Hall–Kier alpha value is -4.83. The lowest BCUT2D eigenvalue weighted by molar-refractivity contribution is 0.0828. The Kier molecular flexibility index (Phi) is 2.78. The summed E-state index contributed by atoms with van der Waals surface area (Å²) in [6, 6.07) is 14.0. The van der Waals surface area contributed by atoms with Gasteiger partial charge < -0.3 is 0 Å². The Bertz CT molecular complexity index is 1840. The van der Waals surface area contributed by atoms with Crippen LogP contribution in [0.5, 0.6) is 0 Å². The van der Waals surface area contributed by atoms with Crippen molar-refractivity contribution < 1.29 is 19.2 Å². The molecule has 0 unspecified atom stereocenters. The number of imide groups is 2. The van der Waals surface area contributed by atoms with Crippen LogP contribution in [0.25, 0.3) is 43.1 Å². The minimum atomic E-state index is -0.541. The number of fused-ring (bicyclic) bond motifs is 2. The Morgan fingerprint density at radius 2 is 1.00 bits per heavy atom. The van der Waals surface area contributed by atoms with Crippen molar-refractivity contribution in [2.24, 2.45) is 0 Å². The summed E-state index contributed by atoms with van der Waals surface area (Å²) in [5.74, 6) is -1.96. The fourth-order valence-corrected chi connectivity index (χ4v) is 5.31. The van der Waals surface area contributed by atoms with Crippen molar-refractivity contribution in [1.82, 2.24) is 10.6 Å². The highest BCUT2D eigenvalue weighted by atomic mass is 16.2. The highest BCUT2D eigenvalue weighted by Gasteiger charge is 2.31. The van der Waals surface area contributed by atoms with Crippen LogP contribution in [0.4, 0.5) is 0 Å². The summed E-state index contributed by atoms with van der Waals surface area (Å²) in [6.45, 7) is 0. The number of nitriles is 1. The number of benzene rings is 5. The standard InChI is InChI=1S/C25H9N3O4/c26-8-9-7-16-20-15(24(31)28-25(16)32)5-2-11-10-1-4-13-19-14(23(30)27-22(13)29)6-3-12(18(10)19)17(9)21(11)20/h1-7H,(H,27,29,30)(H,28,31,32). The fourth-order valence-electron chi connectivity index (χ4n) is 5.31. The van der Waals surface area contributed by atoms with E-state index in [-0.39, 0.29) is 11.1 Å². The van der Waals surface area contributed by atoms with Gasteiger partial charge in [0.25, 0.3) is 23.6 Å². The van der Waals surface area contributed by atoms with Gasteiger partial charge in [0.1, 0.15) is 0 Å². The lowest BCUT2D eigenvalue weighted by Crippen LogP contribution is -2.35. The average molecular weight is 415 g/mol. The maximum absolute atomic E-state index is 12.6. The van der Waals surface area contributed by atoms with Crippen LogP contribution in [0.1, 0.15) is 47.0 Å². The molecule has 148 valence electrons. The molecule has 2 N–H and O–H groups in total. The van der Waals surface area contributed by atoms with Crippen LogP contribution in [0.2, 0.25) is 0 Å². The van der Waals surface area contributed by atoms with Gasteiger partial charge in [0.2, 0.25) is 0 Å². The predicted octanol–water partition coefficient (Wildman–Crippen LogP) is 3.38. The summed E-state index contributed by atoms with van der Waals surface area (Å²) in [7, 11) is 0. The van der Waals surface area contributed by atoms with Gasteiger partial charge in [-0.15, -0.1) is 0 Å². The second-order valence-corrected chi connectivity index (χ2v) is 8.01. The first-order chi connectivity index (χ1) is 15.5. The molecule has 0 atom stereocenters. The molecule has 2 heterocycles. The zero-order chi connectivity index (χ0) is 21.9. The van der Waals surface area contributed by atoms with Crippen molar-refractivity contribution in [3.63, 3.8) is 0 Å². The molecule has 0 spiro atoms. The van der Waals surface area contributed by atoms with Crippen LogP contribution < -0.4 is 10.6 Å². The van der Waals surface area contributed by atoms with E-state index in [2.05, 4.69) is 16.7 Å². The van der Waals surface area contributed by atoms with E-state index in [4.69, 9.17) is 0 Å². The van der Waals surface area contributed by atoms with Crippen LogP contribution in [0.3, 0.4) is 0 Å². The molecule has 0 aliphatic carbocycles. The SMILES string of the molecule is N#Cc1cc2c3c(ccc4c5ccc6c7c(ccc(c1c34)c75)C(=O)NC6=O)C(=O)NC2=O. The summed E-state index contributed by atoms with van der Waals surface area (Å²) >= 11 is 0.